The molecule has 1 aromatic carbocycles. The summed E-state index contributed by atoms with van der Waals surface area (Å²) in [4.78, 5) is 0. The van der Waals surface area contributed by atoms with Crippen molar-refractivity contribution in [2.75, 3.05) is 7.11 Å². The summed E-state index contributed by atoms with van der Waals surface area (Å²) in [5, 5.41) is 0. The molecule has 0 fully saturated rings. The summed E-state index contributed by atoms with van der Waals surface area (Å²) in [5.74, 6) is 0. The van der Waals surface area contributed by atoms with Crippen molar-refractivity contribution in [3.8, 4) is 0 Å². The van der Waals surface area contributed by atoms with E-state index < -0.39 is 0 Å². The number of aryl methyl sites for hydroxylation is 1. The molecule has 2 N–H and O–H groups in total. The smallest absolute Gasteiger partial charge is 0.131 e. The maximum Gasteiger partial charge on any atom is 0.131 e. The Morgan fingerprint density at radius 3 is 2.33 bits per heavy atom. The number of rotatable bonds is 3. The first-order valence-corrected chi connectivity index (χ1v) is 4.15. The van der Waals surface area contributed by atoms with Gasteiger partial charge in [-0.2, -0.15) is 0 Å². The van der Waals surface area contributed by atoms with Crippen molar-refractivity contribution in [1.82, 2.24) is 0 Å². The van der Waals surface area contributed by atoms with E-state index >= 15 is 0 Å². The van der Waals surface area contributed by atoms with Gasteiger partial charge in [-0.3, -0.25) is 0 Å². The minimum absolute atomic E-state index is 0.295. The third-order valence-electron chi connectivity index (χ3n) is 1.97. The lowest BCUT2D eigenvalue weighted by Gasteiger charge is -2.09. The number of ether oxygens (including phenoxy) is 1. The second kappa shape index (κ2) is 4.24. The molecule has 1 unspecified atom stereocenters. The molecule has 0 aliphatic heterocycles. The monoisotopic (exact) mass is 165 g/mol. The lowest BCUT2D eigenvalue weighted by atomic mass is 10.1. The van der Waals surface area contributed by atoms with Crippen molar-refractivity contribution in [2.45, 2.75) is 19.6 Å². The summed E-state index contributed by atoms with van der Waals surface area (Å²) in [5.41, 5.74) is 8.01. The van der Waals surface area contributed by atoms with Crippen LogP contribution in [0.4, 0.5) is 0 Å². The van der Waals surface area contributed by atoms with E-state index in [1.807, 2.05) is 12.1 Å². The third kappa shape index (κ3) is 2.06. The molecule has 0 saturated heterocycles. The van der Waals surface area contributed by atoms with Gasteiger partial charge in [-0.25, -0.2) is 0 Å². The van der Waals surface area contributed by atoms with Gasteiger partial charge < -0.3 is 10.5 Å². The van der Waals surface area contributed by atoms with Crippen molar-refractivity contribution >= 4 is 0 Å². The molecule has 0 aliphatic carbocycles. The Hall–Kier alpha value is -0.860. The first kappa shape index (κ1) is 9.23. The molecule has 0 radical (unpaired) electrons. The molecule has 2 nitrogen and oxygen atoms in total. The van der Waals surface area contributed by atoms with Crippen LogP contribution < -0.4 is 5.73 Å². The molecule has 1 atom stereocenters. The van der Waals surface area contributed by atoms with Crippen molar-refractivity contribution in [2.24, 2.45) is 5.73 Å². The van der Waals surface area contributed by atoms with Crippen LogP contribution in [-0.4, -0.2) is 7.11 Å². The third-order valence-corrected chi connectivity index (χ3v) is 1.97. The van der Waals surface area contributed by atoms with E-state index in [4.69, 9.17) is 10.5 Å². The zero-order chi connectivity index (χ0) is 8.97. The molecule has 12 heavy (non-hydrogen) atoms. The van der Waals surface area contributed by atoms with Gasteiger partial charge in [0, 0.05) is 7.11 Å². The highest BCUT2D eigenvalue weighted by molar-refractivity contribution is 5.23. The Labute approximate surface area is 73.3 Å². The van der Waals surface area contributed by atoms with E-state index in [0.717, 1.165) is 12.0 Å². The number of methoxy groups -OCH3 is 1. The van der Waals surface area contributed by atoms with Gasteiger partial charge >= 0.3 is 0 Å². The van der Waals surface area contributed by atoms with E-state index in [1.54, 1.807) is 7.11 Å². The molecule has 1 rings (SSSR count). The highest BCUT2D eigenvalue weighted by Gasteiger charge is 2.01. The Bertz CT molecular complexity index is 230. The summed E-state index contributed by atoms with van der Waals surface area (Å²) in [6.07, 6.45) is 0.763. The summed E-state index contributed by atoms with van der Waals surface area (Å²) in [7, 11) is 1.61. The molecule has 0 aromatic heterocycles. The minimum atomic E-state index is -0.295. The lowest BCUT2D eigenvalue weighted by Crippen LogP contribution is -2.11. The predicted molar refractivity (Wildman–Crippen MR) is 49.8 cm³/mol. The summed E-state index contributed by atoms with van der Waals surface area (Å²) < 4.78 is 4.99. The molecule has 0 spiro atoms. The predicted octanol–water partition coefficient (Wildman–Crippen LogP) is 1.85. The topological polar surface area (TPSA) is 35.2 Å². The minimum Gasteiger partial charge on any atom is -0.363 e. The van der Waals surface area contributed by atoms with Gasteiger partial charge in [0.25, 0.3) is 0 Å². The number of hydrogen-bond donors (Lipinski definition) is 1. The number of hydrogen-bond acceptors (Lipinski definition) is 2. The maximum absolute atomic E-state index is 5.66. The standard InChI is InChI=1S/C10H15NO/c1-3-8-4-6-9(7-5-8)10(11)12-2/h4-7,10H,3,11H2,1-2H3. The molecule has 0 saturated carbocycles. The van der Waals surface area contributed by atoms with E-state index in [2.05, 4.69) is 19.1 Å². The summed E-state index contributed by atoms with van der Waals surface area (Å²) >= 11 is 0. The van der Waals surface area contributed by atoms with E-state index in [0.29, 0.717) is 0 Å². The van der Waals surface area contributed by atoms with E-state index in [-0.39, 0.29) is 6.23 Å². The van der Waals surface area contributed by atoms with Crippen LogP contribution >= 0.6 is 0 Å². The van der Waals surface area contributed by atoms with Crippen molar-refractivity contribution in [1.29, 1.82) is 0 Å². The van der Waals surface area contributed by atoms with Crippen LogP contribution in [0.1, 0.15) is 24.3 Å². The largest absolute Gasteiger partial charge is 0.363 e. The first-order valence-electron chi connectivity index (χ1n) is 4.15. The normalized spacial score (nSPS) is 12.9. The Balaban J connectivity index is 2.77. The maximum atomic E-state index is 5.66. The summed E-state index contributed by atoms with van der Waals surface area (Å²) in [6.45, 7) is 2.13. The van der Waals surface area contributed by atoms with Crippen molar-refractivity contribution < 1.29 is 4.74 Å². The molecule has 1 aromatic rings. The van der Waals surface area contributed by atoms with Crippen LogP contribution in [0.5, 0.6) is 0 Å². The van der Waals surface area contributed by atoms with Crippen LogP contribution in [0.25, 0.3) is 0 Å². The molecule has 66 valence electrons. The van der Waals surface area contributed by atoms with Crippen LogP contribution in [0.3, 0.4) is 0 Å². The van der Waals surface area contributed by atoms with Gasteiger partial charge in [0.1, 0.15) is 6.23 Å². The molecular formula is C10H15NO. The average molecular weight is 165 g/mol. The molecule has 2 heteroatoms. The fraction of sp³-hybridized carbons (Fsp3) is 0.400. The molecule has 0 aliphatic rings. The van der Waals surface area contributed by atoms with Gasteiger partial charge in [-0.15, -0.1) is 0 Å². The van der Waals surface area contributed by atoms with Crippen LogP contribution in [-0.2, 0) is 11.2 Å². The zero-order valence-corrected chi connectivity index (χ0v) is 7.58. The van der Waals surface area contributed by atoms with Crippen molar-refractivity contribution in [3.05, 3.63) is 35.4 Å². The molecule has 0 heterocycles. The SMILES string of the molecule is CCc1ccc(C(N)OC)cc1. The highest BCUT2D eigenvalue weighted by Crippen LogP contribution is 2.11. The van der Waals surface area contributed by atoms with Gasteiger partial charge in [0.15, 0.2) is 0 Å². The Morgan fingerprint density at radius 2 is 1.92 bits per heavy atom. The first-order chi connectivity index (χ1) is 5.77. The molecular weight excluding hydrogens is 150 g/mol. The van der Waals surface area contributed by atoms with Gasteiger partial charge in [-0.05, 0) is 17.5 Å². The molecule has 0 bridgehead atoms. The second-order valence-electron chi connectivity index (χ2n) is 2.75. The highest BCUT2D eigenvalue weighted by atomic mass is 16.5. The molecule has 0 amide bonds. The van der Waals surface area contributed by atoms with Gasteiger partial charge in [0.05, 0.1) is 0 Å². The number of nitrogens with two attached hydrogens (primary N) is 1. The summed E-state index contributed by atoms with van der Waals surface area (Å²) in [6, 6.07) is 8.17. The quantitative estimate of drug-likeness (QED) is 0.694. The fourth-order valence-electron chi connectivity index (χ4n) is 1.08. The van der Waals surface area contributed by atoms with Crippen LogP contribution in [0, 0.1) is 0 Å². The average Bonchev–Trinajstić information content (AvgIpc) is 2.17. The van der Waals surface area contributed by atoms with Crippen LogP contribution in [0.2, 0.25) is 0 Å². The van der Waals surface area contributed by atoms with Crippen molar-refractivity contribution in [3.63, 3.8) is 0 Å². The van der Waals surface area contributed by atoms with Gasteiger partial charge in [-0.1, -0.05) is 31.2 Å². The van der Waals surface area contributed by atoms with E-state index in [1.165, 1.54) is 5.56 Å². The van der Waals surface area contributed by atoms with E-state index in [9.17, 15) is 0 Å². The lowest BCUT2D eigenvalue weighted by molar-refractivity contribution is 0.109. The number of benzene rings is 1. The van der Waals surface area contributed by atoms with Crippen LogP contribution in [0.15, 0.2) is 24.3 Å². The van der Waals surface area contributed by atoms with Gasteiger partial charge in [0.2, 0.25) is 0 Å². The second-order valence-corrected chi connectivity index (χ2v) is 2.75. The fourth-order valence-corrected chi connectivity index (χ4v) is 1.08. The Kier molecular flexibility index (Phi) is 3.26. The zero-order valence-electron chi connectivity index (χ0n) is 7.58. The Morgan fingerprint density at radius 1 is 1.33 bits per heavy atom.